The second-order valence-electron chi connectivity index (χ2n) is 6.15. The molecule has 1 heterocycles. The molecule has 24 heavy (non-hydrogen) atoms. The Kier molecular flexibility index (Phi) is 4.48. The van der Waals surface area contributed by atoms with Gasteiger partial charge in [-0.25, -0.2) is 9.24 Å². The zero-order valence-electron chi connectivity index (χ0n) is 13.8. The Hall–Kier alpha value is -2.48. The first-order chi connectivity index (χ1) is 11.5. The summed E-state index contributed by atoms with van der Waals surface area (Å²) in [4.78, 5) is 5.55. The van der Waals surface area contributed by atoms with Crippen LogP contribution in [0.5, 0.6) is 0 Å². The number of hydrogen-bond acceptors (Lipinski definition) is 2. The summed E-state index contributed by atoms with van der Waals surface area (Å²) in [6.07, 6.45) is 4.09. The Bertz CT molecular complexity index is 805. The van der Waals surface area contributed by atoms with Crippen LogP contribution >= 0.6 is 0 Å². The predicted octanol–water partition coefficient (Wildman–Crippen LogP) is 4.27. The molecular weight excluding hydrogens is 303 g/mol. The van der Waals surface area contributed by atoms with Crippen molar-refractivity contribution in [2.24, 2.45) is 0 Å². The number of nitrogens with zero attached hydrogens (tertiary/aromatic N) is 2. The molecule has 2 aromatic rings. The molecular formula is C20H19FN2O. The van der Waals surface area contributed by atoms with Gasteiger partial charge in [-0.15, -0.1) is 0 Å². The lowest BCUT2D eigenvalue weighted by Gasteiger charge is -2.27. The van der Waals surface area contributed by atoms with Gasteiger partial charge in [-0.05, 0) is 49.0 Å². The maximum absolute atomic E-state index is 13.4. The molecule has 0 spiro atoms. The molecule has 0 bridgehead atoms. The number of benzene rings is 2. The molecule has 0 N–H and O–H groups in total. The Morgan fingerprint density at radius 1 is 1.25 bits per heavy atom. The SMILES string of the molecule is [C-]#[N+]c1ccc2c(c1)COC2(/C=C/CN(C)C)c1ccc(F)cc1. The van der Waals surface area contributed by atoms with Crippen LogP contribution in [0.2, 0.25) is 0 Å². The molecule has 3 rings (SSSR count). The fourth-order valence-electron chi connectivity index (χ4n) is 3.00. The van der Waals surface area contributed by atoms with Gasteiger partial charge in [0, 0.05) is 6.54 Å². The summed E-state index contributed by atoms with van der Waals surface area (Å²) in [7, 11) is 4.00. The van der Waals surface area contributed by atoms with Crippen LogP contribution in [0.15, 0.2) is 54.6 Å². The minimum atomic E-state index is -0.737. The van der Waals surface area contributed by atoms with Crippen LogP contribution in [-0.2, 0) is 16.9 Å². The monoisotopic (exact) mass is 322 g/mol. The van der Waals surface area contributed by atoms with E-state index in [1.54, 1.807) is 18.2 Å². The molecule has 122 valence electrons. The first kappa shape index (κ1) is 16.4. The van der Waals surface area contributed by atoms with Crippen molar-refractivity contribution in [3.8, 4) is 0 Å². The van der Waals surface area contributed by atoms with Gasteiger partial charge in [0.15, 0.2) is 5.69 Å². The lowest BCUT2D eigenvalue weighted by atomic mass is 9.85. The van der Waals surface area contributed by atoms with Crippen molar-refractivity contribution in [2.45, 2.75) is 12.2 Å². The molecule has 3 nitrogen and oxygen atoms in total. The topological polar surface area (TPSA) is 16.8 Å². The van der Waals surface area contributed by atoms with Gasteiger partial charge in [0.05, 0.1) is 13.2 Å². The first-order valence-electron chi connectivity index (χ1n) is 7.78. The normalized spacial score (nSPS) is 19.6. The summed E-state index contributed by atoms with van der Waals surface area (Å²) in [6, 6.07) is 12.0. The number of likely N-dealkylation sites (N-methyl/N-ethyl adjacent to an activating group) is 1. The van der Waals surface area contributed by atoms with E-state index >= 15 is 0 Å². The number of fused-ring (bicyclic) bond motifs is 1. The summed E-state index contributed by atoms with van der Waals surface area (Å²) >= 11 is 0. The molecule has 1 unspecified atom stereocenters. The maximum atomic E-state index is 13.4. The Balaban J connectivity index is 2.10. The van der Waals surface area contributed by atoms with Crippen molar-refractivity contribution < 1.29 is 9.13 Å². The first-order valence-corrected chi connectivity index (χ1v) is 7.78. The average molecular weight is 322 g/mol. The standard InChI is InChI=1S/C20H19FN2O/c1-22-18-9-10-19-15(13-18)14-24-20(19,11-4-12-23(2)3)16-5-7-17(21)8-6-16/h4-11,13H,12,14H2,2-3H3/b11-4+. The predicted molar refractivity (Wildman–Crippen MR) is 92.4 cm³/mol. The van der Waals surface area contributed by atoms with Crippen LogP contribution in [0.3, 0.4) is 0 Å². The zero-order chi connectivity index (χ0) is 17.2. The lowest BCUT2D eigenvalue weighted by Crippen LogP contribution is -2.25. The third-order valence-corrected chi connectivity index (χ3v) is 4.17. The largest absolute Gasteiger partial charge is 0.357 e. The van der Waals surface area contributed by atoms with Gasteiger partial charge in [-0.3, -0.25) is 0 Å². The van der Waals surface area contributed by atoms with E-state index < -0.39 is 5.60 Å². The summed E-state index contributed by atoms with van der Waals surface area (Å²) in [5.74, 6) is -0.271. The molecule has 2 aromatic carbocycles. The molecule has 0 fully saturated rings. The van der Waals surface area contributed by atoms with E-state index in [4.69, 9.17) is 11.3 Å². The fourth-order valence-corrected chi connectivity index (χ4v) is 3.00. The second-order valence-corrected chi connectivity index (χ2v) is 6.15. The Morgan fingerprint density at radius 2 is 2.00 bits per heavy atom. The second kappa shape index (κ2) is 6.56. The molecule has 0 saturated carbocycles. The van der Waals surface area contributed by atoms with E-state index in [1.165, 1.54) is 12.1 Å². The summed E-state index contributed by atoms with van der Waals surface area (Å²) in [5.41, 5.74) is 2.76. The third-order valence-electron chi connectivity index (χ3n) is 4.17. The smallest absolute Gasteiger partial charge is 0.187 e. The number of rotatable bonds is 4. The van der Waals surface area contributed by atoms with Crippen molar-refractivity contribution >= 4 is 5.69 Å². The van der Waals surface area contributed by atoms with E-state index in [-0.39, 0.29) is 5.82 Å². The van der Waals surface area contributed by atoms with Gasteiger partial charge >= 0.3 is 0 Å². The van der Waals surface area contributed by atoms with E-state index in [1.807, 2.05) is 32.3 Å². The molecule has 1 aliphatic heterocycles. The Labute approximate surface area is 141 Å². The van der Waals surface area contributed by atoms with E-state index in [0.717, 1.165) is 23.2 Å². The van der Waals surface area contributed by atoms with Crippen LogP contribution < -0.4 is 0 Å². The quantitative estimate of drug-likeness (QED) is 0.618. The van der Waals surface area contributed by atoms with Gasteiger partial charge in [-0.1, -0.05) is 36.4 Å². The highest BCUT2D eigenvalue weighted by molar-refractivity contribution is 5.56. The summed E-state index contributed by atoms with van der Waals surface area (Å²) in [5, 5.41) is 0. The molecule has 0 aliphatic carbocycles. The minimum Gasteiger partial charge on any atom is -0.357 e. The van der Waals surface area contributed by atoms with E-state index in [0.29, 0.717) is 12.3 Å². The van der Waals surface area contributed by atoms with Crippen LogP contribution in [0, 0.1) is 12.4 Å². The van der Waals surface area contributed by atoms with Gasteiger partial charge < -0.3 is 9.64 Å². The van der Waals surface area contributed by atoms with Crippen molar-refractivity contribution in [3.63, 3.8) is 0 Å². The lowest BCUT2D eigenvalue weighted by molar-refractivity contribution is 0.0325. The average Bonchev–Trinajstić information content (AvgIpc) is 2.94. The maximum Gasteiger partial charge on any atom is 0.187 e. The fraction of sp³-hybridized carbons (Fsp3) is 0.250. The van der Waals surface area contributed by atoms with Crippen LogP contribution in [-0.4, -0.2) is 25.5 Å². The molecule has 0 aromatic heterocycles. The highest BCUT2D eigenvalue weighted by Gasteiger charge is 2.39. The third kappa shape index (κ3) is 2.96. The zero-order valence-corrected chi connectivity index (χ0v) is 13.8. The number of hydrogen-bond donors (Lipinski definition) is 0. The van der Waals surface area contributed by atoms with E-state index in [2.05, 4.69) is 15.8 Å². The number of halogens is 1. The van der Waals surface area contributed by atoms with Crippen LogP contribution in [0.25, 0.3) is 4.85 Å². The molecule has 0 saturated heterocycles. The summed E-state index contributed by atoms with van der Waals surface area (Å²) in [6.45, 7) is 8.39. The highest BCUT2D eigenvalue weighted by atomic mass is 19.1. The minimum absolute atomic E-state index is 0.271. The van der Waals surface area contributed by atoms with Crippen molar-refractivity contribution in [1.82, 2.24) is 4.90 Å². The molecule has 1 atom stereocenters. The Morgan fingerprint density at radius 3 is 2.67 bits per heavy atom. The van der Waals surface area contributed by atoms with Crippen molar-refractivity contribution in [1.29, 1.82) is 0 Å². The van der Waals surface area contributed by atoms with Gasteiger partial charge in [-0.2, -0.15) is 0 Å². The molecule has 0 amide bonds. The van der Waals surface area contributed by atoms with Gasteiger partial charge in [0.2, 0.25) is 0 Å². The van der Waals surface area contributed by atoms with Crippen LogP contribution in [0.4, 0.5) is 10.1 Å². The van der Waals surface area contributed by atoms with Gasteiger partial charge in [0.1, 0.15) is 11.4 Å². The van der Waals surface area contributed by atoms with Crippen molar-refractivity contribution in [3.05, 3.63) is 88.5 Å². The molecule has 1 aliphatic rings. The highest BCUT2D eigenvalue weighted by Crippen LogP contribution is 2.44. The number of ether oxygens (including phenoxy) is 1. The van der Waals surface area contributed by atoms with Gasteiger partial charge in [0.25, 0.3) is 0 Å². The molecule has 4 heteroatoms. The van der Waals surface area contributed by atoms with E-state index in [9.17, 15) is 4.39 Å². The molecule has 0 radical (unpaired) electrons. The summed E-state index contributed by atoms with van der Waals surface area (Å²) < 4.78 is 19.5. The van der Waals surface area contributed by atoms with Crippen LogP contribution in [0.1, 0.15) is 16.7 Å². The van der Waals surface area contributed by atoms with Crippen molar-refractivity contribution in [2.75, 3.05) is 20.6 Å².